The van der Waals surface area contributed by atoms with Crippen LogP contribution in [0.25, 0.3) is 0 Å². The van der Waals surface area contributed by atoms with Gasteiger partial charge in [-0.1, -0.05) is 0 Å². The van der Waals surface area contributed by atoms with Crippen LogP contribution in [0.4, 0.5) is 0 Å². The van der Waals surface area contributed by atoms with Crippen molar-refractivity contribution in [3.63, 3.8) is 0 Å². The molecule has 0 aromatic heterocycles. The van der Waals surface area contributed by atoms with Crippen molar-refractivity contribution in [1.82, 2.24) is 0 Å². The van der Waals surface area contributed by atoms with Crippen molar-refractivity contribution in [2.24, 2.45) is 0 Å². The van der Waals surface area contributed by atoms with Gasteiger partial charge in [-0.3, -0.25) is 0 Å². The van der Waals surface area contributed by atoms with Gasteiger partial charge in [0.15, 0.2) is 0 Å². The molecule has 0 amide bonds. The third-order valence-corrected chi connectivity index (χ3v) is 0. The maximum Gasteiger partial charge on any atom is 0 e. The van der Waals surface area contributed by atoms with Gasteiger partial charge in [0.25, 0.3) is 0 Å². The topological polar surface area (TPSA) is 0 Å². The zero-order valence-corrected chi connectivity index (χ0v) is 8.79. The van der Waals surface area contributed by atoms with Crippen LogP contribution in [-0.2, 0) is 72.0 Å². The van der Waals surface area contributed by atoms with Crippen LogP contribution >= 0.6 is 0 Å². The van der Waals surface area contributed by atoms with E-state index < -0.39 is 0 Å². The molecule has 0 spiro atoms. The fourth-order valence-electron chi connectivity index (χ4n) is 0. The zero-order valence-electron chi connectivity index (χ0n) is 2.49. The van der Waals surface area contributed by atoms with Gasteiger partial charge in [0, 0.05) is 72.0 Å². The smallest absolute Gasteiger partial charge is 0 e. The zero-order chi connectivity index (χ0) is 0. The van der Waals surface area contributed by atoms with Gasteiger partial charge >= 0.3 is 0 Å². The van der Waals surface area contributed by atoms with Crippen molar-refractivity contribution in [2.45, 2.75) is 0 Å². The third-order valence-electron chi connectivity index (χ3n) is 0. The summed E-state index contributed by atoms with van der Waals surface area (Å²) in [7, 11) is 0. The molecule has 0 heterocycles. The van der Waals surface area contributed by atoms with Crippen molar-refractivity contribution in [3.05, 3.63) is 7.43 Å². The predicted molar refractivity (Wildman–Crippen MR) is 6.41 cm³/mol. The Hall–Kier alpha value is 2.23. The molecule has 0 bridgehead atoms. The number of hydrogen-bond donors (Lipinski definition) is 0. The summed E-state index contributed by atoms with van der Waals surface area (Å²) in [5.74, 6) is 0. The predicted octanol–water partition coefficient (Wildman–Crippen LogP) is 0.440. The second-order valence-electron chi connectivity index (χ2n) is 0. The van der Waals surface area contributed by atoms with E-state index in [1.165, 1.54) is 0 Å². The first-order valence-electron chi connectivity index (χ1n) is 0. The minimum atomic E-state index is 0. The van der Waals surface area contributed by atoms with Gasteiger partial charge in [-0.05, 0) is 0 Å². The summed E-state index contributed by atoms with van der Waals surface area (Å²) < 4.78 is 0. The molecule has 0 saturated heterocycles. The summed E-state index contributed by atoms with van der Waals surface area (Å²) in [6.07, 6.45) is 0. The van der Waals surface area contributed by atoms with E-state index in [4.69, 9.17) is 0 Å². The van der Waals surface area contributed by atoms with Crippen LogP contribution in [0.1, 0.15) is 0 Å². The van der Waals surface area contributed by atoms with Crippen molar-refractivity contribution in [1.29, 1.82) is 0 Å². The minimum Gasteiger partial charge on any atom is -0.358 e. The van der Waals surface area contributed by atoms with Crippen molar-refractivity contribution >= 4 is 0 Å². The van der Waals surface area contributed by atoms with Gasteiger partial charge in [-0.15, -0.1) is 0 Å². The summed E-state index contributed by atoms with van der Waals surface area (Å²) in [5.41, 5.74) is 0. The molecule has 4 heteroatoms. The second kappa shape index (κ2) is 34.2. The van der Waals surface area contributed by atoms with Crippen LogP contribution in [0, 0.1) is 7.43 Å². The largest absolute Gasteiger partial charge is 0.358 e. The van der Waals surface area contributed by atoms with Crippen LogP contribution < -0.4 is 0 Å². The van der Waals surface area contributed by atoms with E-state index in [2.05, 4.69) is 0 Å². The monoisotopic (exact) mass is 365 g/mol. The molecule has 0 atom stereocenters. The number of hydrogen-bond acceptors (Lipinski definition) is 0. The standard InChI is InChI=1S/CH3.Cr.Fe.Ni.W/h1H3;;;;/q-1;;;;. The Kier molecular flexibility index (Phi) is 386. The van der Waals surface area contributed by atoms with E-state index >= 15 is 0 Å². The average molecular weight is 365 g/mol. The summed E-state index contributed by atoms with van der Waals surface area (Å²) in [6.45, 7) is 0. The van der Waals surface area contributed by atoms with Crippen LogP contribution in [-0.4, -0.2) is 0 Å². The fraction of sp³-hybridized carbons (Fsp3) is 0. The molecule has 0 radical (unpaired) electrons. The van der Waals surface area contributed by atoms with Gasteiger partial charge in [-0.2, -0.15) is 0 Å². The molecule has 0 aliphatic rings. The van der Waals surface area contributed by atoms with Crippen LogP contribution in [0.5, 0.6) is 0 Å². The molecule has 0 aliphatic carbocycles. The molecule has 0 aromatic rings. The Morgan fingerprint density at radius 1 is 1.00 bits per heavy atom. The normalized spacial score (nSPS) is 0. The molecule has 0 fully saturated rings. The van der Waals surface area contributed by atoms with E-state index in [9.17, 15) is 0 Å². The molecule has 0 aromatic carbocycles. The second-order valence-corrected chi connectivity index (χ2v) is 0. The van der Waals surface area contributed by atoms with Crippen LogP contribution in [0.2, 0.25) is 0 Å². The minimum absolute atomic E-state index is 0. The number of rotatable bonds is 0. The van der Waals surface area contributed by atoms with Crippen LogP contribution in [0.3, 0.4) is 0 Å². The van der Waals surface area contributed by atoms with Gasteiger partial charge in [0.1, 0.15) is 0 Å². The first-order valence-corrected chi connectivity index (χ1v) is 0. The molecular formula is CH3CrFeNiW-. The van der Waals surface area contributed by atoms with Gasteiger partial charge in [-0.25, -0.2) is 0 Å². The van der Waals surface area contributed by atoms with E-state index in [0.29, 0.717) is 0 Å². The Morgan fingerprint density at radius 2 is 1.00 bits per heavy atom. The van der Waals surface area contributed by atoms with Gasteiger partial charge in [0.2, 0.25) is 0 Å². The Labute approximate surface area is 78.6 Å². The van der Waals surface area contributed by atoms with Crippen molar-refractivity contribution < 1.29 is 72.0 Å². The van der Waals surface area contributed by atoms with E-state index in [1.54, 1.807) is 0 Å². The molecule has 0 rings (SSSR count). The third kappa shape index (κ3) is 22.4. The van der Waals surface area contributed by atoms with E-state index in [0.717, 1.165) is 0 Å². The summed E-state index contributed by atoms with van der Waals surface area (Å²) in [4.78, 5) is 0. The first kappa shape index (κ1) is 56.3. The maximum atomic E-state index is 0. The molecule has 5 heavy (non-hydrogen) atoms. The molecule has 0 saturated carbocycles. The van der Waals surface area contributed by atoms with Gasteiger partial charge < -0.3 is 7.43 Å². The van der Waals surface area contributed by atoms with E-state index in [-0.39, 0.29) is 79.4 Å². The molecule has 38 valence electrons. The first-order chi connectivity index (χ1) is 0. The summed E-state index contributed by atoms with van der Waals surface area (Å²) in [6, 6.07) is 0. The van der Waals surface area contributed by atoms with Crippen molar-refractivity contribution in [2.75, 3.05) is 0 Å². The fourth-order valence-corrected chi connectivity index (χ4v) is 0. The molecular weight excluding hydrogens is 362 g/mol. The molecule has 0 N–H and O–H groups in total. The van der Waals surface area contributed by atoms with Crippen molar-refractivity contribution in [3.8, 4) is 0 Å². The Morgan fingerprint density at radius 3 is 1.00 bits per heavy atom. The Bertz CT molecular complexity index is 11.6. The summed E-state index contributed by atoms with van der Waals surface area (Å²) >= 11 is 0. The quantitative estimate of drug-likeness (QED) is 0.432. The summed E-state index contributed by atoms with van der Waals surface area (Å²) in [5, 5.41) is 0. The molecule has 0 aliphatic heterocycles. The average Bonchev–Trinajstić information content (AvgIpc) is 0. The Balaban J connectivity index is 0. The molecule has 0 unspecified atom stereocenters. The SMILES string of the molecule is [CH3-].[Cr].[Fe].[Ni].[W]. The maximum absolute atomic E-state index is 0. The van der Waals surface area contributed by atoms with Crippen LogP contribution in [0.15, 0.2) is 0 Å². The van der Waals surface area contributed by atoms with E-state index in [1.807, 2.05) is 0 Å². The molecule has 0 nitrogen and oxygen atoms in total. The van der Waals surface area contributed by atoms with Gasteiger partial charge in [0.05, 0.1) is 0 Å².